The molecule has 0 bridgehead atoms. The Labute approximate surface area is 79.6 Å². The van der Waals surface area contributed by atoms with E-state index in [-0.39, 0.29) is 5.97 Å². The zero-order valence-corrected chi connectivity index (χ0v) is 8.68. The Kier molecular flexibility index (Phi) is 4.82. The SMILES string of the molecule is C=COC(=O)C(C)=C(C)C=C(C)C. The van der Waals surface area contributed by atoms with E-state index in [0.717, 1.165) is 17.4 Å². The Hall–Kier alpha value is -1.31. The number of allylic oxidation sites excluding steroid dienone is 3. The normalized spacial score (nSPS) is 11.4. The molecule has 0 aliphatic carbocycles. The average Bonchev–Trinajstić information content (AvgIpc) is 2.02. The molecule has 0 heterocycles. The molecule has 0 saturated carbocycles. The average molecular weight is 180 g/mol. The van der Waals surface area contributed by atoms with Crippen LogP contribution in [0.2, 0.25) is 0 Å². The number of hydrogen-bond acceptors (Lipinski definition) is 2. The van der Waals surface area contributed by atoms with Crippen molar-refractivity contribution in [1.82, 2.24) is 0 Å². The molecule has 72 valence electrons. The molecule has 0 aliphatic rings. The van der Waals surface area contributed by atoms with Gasteiger partial charge in [-0.1, -0.05) is 18.2 Å². The third kappa shape index (κ3) is 4.31. The minimum atomic E-state index is -0.343. The van der Waals surface area contributed by atoms with Crippen molar-refractivity contribution in [1.29, 1.82) is 0 Å². The molecule has 0 N–H and O–H groups in total. The second-order valence-corrected chi connectivity index (χ2v) is 3.10. The summed E-state index contributed by atoms with van der Waals surface area (Å²) in [6.07, 6.45) is 3.08. The summed E-state index contributed by atoms with van der Waals surface area (Å²) < 4.78 is 4.64. The number of ether oxygens (including phenoxy) is 1. The number of esters is 1. The molecule has 13 heavy (non-hydrogen) atoms. The van der Waals surface area contributed by atoms with Gasteiger partial charge in [0.15, 0.2) is 0 Å². The monoisotopic (exact) mass is 180 g/mol. The second kappa shape index (κ2) is 5.36. The molecular weight excluding hydrogens is 164 g/mol. The molecule has 2 nitrogen and oxygen atoms in total. The van der Waals surface area contributed by atoms with Crippen LogP contribution < -0.4 is 0 Å². The van der Waals surface area contributed by atoms with E-state index in [1.54, 1.807) is 6.92 Å². The summed E-state index contributed by atoms with van der Waals surface area (Å²) in [6.45, 7) is 10.9. The van der Waals surface area contributed by atoms with Crippen molar-refractivity contribution in [2.75, 3.05) is 0 Å². The van der Waals surface area contributed by atoms with Crippen LogP contribution in [0.15, 0.2) is 35.6 Å². The lowest BCUT2D eigenvalue weighted by Gasteiger charge is -2.02. The molecule has 0 amide bonds. The number of carbonyl (C=O) groups excluding carboxylic acids is 1. The number of hydrogen-bond donors (Lipinski definition) is 0. The Morgan fingerprint density at radius 3 is 2.15 bits per heavy atom. The highest BCUT2D eigenvalue weighted by Crippen LogP contribution is 2.09. The molecule has 0 spiro atoms. The van der Waals surface area contributed by atoms with Crippen molar-refractivity contribution < 1.29 is 9.53 Å². The minimum absolute atomic E-state index is 0.343. The molecule has 0 fully saturated rings. The van der Waals surface area contributed by atoms with Gasteiger partial charge in [0.25, 0.3) is 0 Å². The van der Waals surface area contributed by atoms with Crippen LogP contribution in [0.25, 0.3) is 0 Å². The van der Waals surface area contributed by atoms with E-state index in [2.05, 4.69) is 11.3 Å². The molecule has 0 aromatic heterocycles. The van der Waals surface area contributed by atoms with Crippen LogP contribution in [0.1, 0.15) is 27.7 Å². The molecule has 0 unspecified atom stereocenters. The first-order chi connectivity index (χ1) is 5.99. The first kappa shape index (κ1) is 11.7. The van der Waals surface area contributed by atoms with Crippen LogP contribution in [-0.4, -0.2) is 5.97 Å². The van der Waals surface area contributed by atoms with Gasteiger partial charge in [-0.05, 0) is 33.3 Å². The predicted octanol–water partition coefficient (Wildman–Crippen LogP) is 2.98. The number of rotatable bonds is 3. The fraction of sp³-hybridized carbons (Fsp3) is 0.364. The third-order valence-corrected chi connectivity index (χ3v) is 1.59. The van der Waals surface area contributed by atoms with Crippen molar-refractivity contribution in [3.05, 3.63) is 35.6 Å². The quantitative estimate of drug-likeness (QED) is 0.289. The Morgan fingerprint density at radius 2 is 1.77 bits per heavy atom. The van der Waals surface area contributed by atoms with Crippen molar-refractivity contribution in [2.45, 2.75) is 27.7 Å². The smallest absolute Gasteiger partial charge is 0.338 e. The standard InChI is InChI=1S/C11H16O2/c1-6-13-11(12)10(5)9(4)7-8(2)3/h6-7H,1H2,2-5H3. The van der Waals surface area contributed by atoms with Gasteiger partial charge >= 0.3 is 5.97 Å². The fourth-order valence-corrected chi connectivity index (χ4v) is 0.866. The molecule has 2 heteroatoms. The lowest BCUT2D eigenvalue weighted by molar-refractivity contribution is -0.133. The summed E-state index contributed by atoms with van der Waals surface area (Å²) in [4.78, 5) is 11.2. The highest BCUT2D eigenvalue weighted by Gasteiger charge is 2.05. The second-order valence-electron chi connectivity index (χ2n) is 3.10. The van der Waals surface area contributed by atoms with E-state index < -0.39 is 0 Å². The maximum Gasteiger partial charge on any atom is 0.338 e. The van der Waals surface area contributed by atoms with Gasteiger partial charge in [0.05, 0.1) is 6.26 Å². The third-order valence-electron chi connectivity index (χ3n) is 1.59. The predicted molar refractivity (Wildman–Crippen MR) is 54.1 cm³/mol. The molecule has 0 rings (SSSR count). The van der Waals surface area contributed by atoms with E-state index in [0.29, 0.717) is 5.57 Å². The summed E-state index contributed by atoms with van der Waals surface area (Å²) in [5, 5.41) is 0. The van der Waals surface area contributed by atoms with Crippen LogP contribution in [0.4, 0.5) is 0 Å². The van der Waals surface area contributed by atoms with Gasteiger partial charge in [0.1, 0.15) is 0 Å². The topological polar surface area (TPSA) is 26.3 Å². The Morgan fingerprint density at radius 1 is 1.23 bits per heavy atom. The summed E-state index contributed by atoms with van der Waals surface area (Å²) in [7, 11) is 0. The van der Waals surface area contributed by atoms with E-state index >= 15 is 0 Å². The van der Waals surface area contributed by atoms with E-state index in [9.17, 15) is 4.79 Å². The fourth-order valence-electron chi connectivity index (χ4n) is 0.866. The molecule has 0 saturated heterocycles. The van der Waals surface area contributed by atoms with Crippen LogP contribution in [-0.2, 0) is 9.53 Å². The Bertz CT molecular complexity index is 266. The van der Waals surface area contributed by atoms with Crippen LogP contribution in [0.5, 0.6) is 0 Å². The van der Waals surface area contributed by atoms with Crippen molar-refractivity contribution in [3.8, 4) is 0 Å². The molecule has 0 radical (unpaired) electrons. The zero-order valence-electron chi connectivity index (χ0n) is 8.68. The summed E-state index contributed by atoms with van der Waals surface area (Å²) >= 11 is 0. The van der Waals surface area contributed by atoms with E-state index in [1.165, 1.54) is 0 Å². The zero-order chi connectivity index (χ0) is 10.4. The van der Waals surface area contributed by atoms with E-state index in [4.69, 9.17) is 0 Å². The van der Waals surface area contributed by atoms with E-state index in [1.807, 2.05) is 26.8 Å². The first-order valence-corrected chi connectivity index (χ1v) is 4.13. The highest BCUT2D eigenvalue weighted by atomic mass is 16.5. The first-order valence-electron chi connectivity index (χ1n) is 4.13. The van der Waals surface area contributed by atoms with Gasteiger partial charge in [0, 0.05) is 5.57 Å². The van der Waals surface area contributed by atoms with Crippen LogP contribution >= 0.6 is 0 Å². The molecule has 0 aromatic rings. The van der Waals surface area contributed by atoms with Gasteiger partial charge in [-0.15, -0.1) is 0 Å². The van der Waals surface area contributed by atoms with Crippen LogP contribution in [0.3, 0.4) is 0 Å². The molecule has 0 aromatic carbocycles. The van der Waals surface area contributed by atoms with Gasteiger partial charge < -0.3 is 4.74 Å². The summed E-state index contributed by atoms with van der Waals surface area (Å²) in [5.74, 6) is -0.343. The minimum Gasteiger partial charge on any atom is -0.432 e. The van der Waals surface area contributed by atoms with Crippen molar-refractivity contribution >= 4 is 5.97 Å². The maximum absolute atomic E-state index is 11.2. The molecular formula is C11H16O2. The maximum atomic E-state index is 11.2. The lowest BCUT2D eigenvalue weighted by Crippen LogP contribution is -2.02. The molecule has 0 aliphatic heterocycles. The van der Waals surface area contributed by atoms with Crippen LogP contribution in [0, 0.1) is 0 Å². The largest absolute Gasteiger partial charge is 0.432 e. The molecule has 0 atom stereocenters. The summed E-state index contributed by atoms with van der Waals surface area (Å²) in [5.41, 5.74) is 2.69. The Balaban J connectivity index is 4.70. The summed E-state index contributed by atoms with van der Waals surface area (Å²) in [6, 6.07) is 0. The van der Waals surface area contributed by atoms with Gasteiger partial charge in [-0.2, -0.15) is 0 Å². The van der Waals surface area contributed by atoms with Crippen molar-refractivity contribution in [3.63, 3.8) is 0 Å². The van der Waals surface area contributed by atoms with Crippen molar-refractivity contribution in [2.24, 2.45) is 0 Å². The van der Waals surface area contributed by atoms with Gasteiger partial charge in [-0.3, -0.25) is 0 Å². The lowest BCUT2D eigenvalue weighted by atomic mass is 10.1. The number of carbonyl (C=O) groups is 1. The highest BCUT2D eigenvalue weighted by molar-refractivity contribution is 5.89. The van der Waals surface area contributed by atoms with Gasteiger partial charge in [0.2, 0.25) is 0 Å². The van der Waals surface area contributed by atoms with Gasteiger partial charge in [-0.25, -0.2) is 4.79 Å².